The predicted octanol–water partition coefficient (Wildman–Crippen LogP) is 3.31. The normalized spacial score (nSPS) is 20.9. The van der Waals surface area contributed by atoms with Crippen LogP contribution in [0.15, 0.2) is 65.9 Å². The van der Waals surface area contributed by atoms with E-state index < -0.39 is 11.5 Å². The third kappa shape index (κ3) is 2.89. The van der Waals surface area contributed by atoms with E-state index >= 15 is 0 Å². The van der Waals surface area contributed by atoms with E-state index in [1.54, 1.807) is 30.3 Å². The van der Waals surface area contributed by atoms with Crippen molar-refractivity contribution in [1.29, 1.82) is 5.26 Å². The second-order valence-electron chi connectivity index (χ2n) is 6.50. The number of hydrogen-bond acceptors (Lipinski definition) is 5. The minimum Gasteiger partial charge on any atom is -0.354 e. The topological polar surface area (TPSA) is 74.0 Å². The first-order chi connectivity index (χ1) is 13.5. The van der Waals surface area contributed by atoms with Crippen LogP contribution in [0.2, 0.25) is 0 Å². The van der Waals surface area contributed by atoms with Gasteiger partial charge in [-0.05, 0) is 54.4 Å². The number of hydrogen-bond donors (Lipinski definition) is 1. The lowest BCUT2D eigenvalue weighted by Gasteiger charge is -2.35. The highest BCUT2D eigenvalue weighted by Gasteiger charge is 2.45. The highest BCUT2D eigenvalue weighted by atomic mass is 19.1. The molecule has 28 heavy (non-hydrogen) atoms. The Morgan fingerprint density at radius 1 is 1.00 bits per heavy atom. The van der Waals surface area contributed by atoms with Crippen molar-refractivity contribution in [1.82, 2.24) is 15.3 Å². The van der Waals surface area contributed by atoms with E-state index in [4.69, 9.17) is 10.3 Å². The largest absolute Gasteiger partial charge is 0.354 e. The molecule has 7 heteroatoms. The monoisotopic (exact) mass is 375 g/mol. The van der Waals surface area contributed by atoms with Crippen molar-refractivity contribution in [2.45, 2.75) is 18.5 Å². The molecule has 0 saturated carbocycles. The van der Waals surface area contributed by atoms with Gasteiger partial charge in [-0.25, -0.2) is 14.4 Å². The lowest BCUT2D eigenvalue weighted by molar-refractivity contribution is 0.429. The molecule has 0 radical (unpaired) electrons. The SMILES string of the molecule is C[C@@H]1N=C(c2ccnc(C#N)c2)N[C@@]1(c1ccc(F)cc1)c1ccnc(F)c1. The molecular weight excluding hydrogens is 360 g/mol. The van der Waals surface area contributed by atoms with Gasteiger partial charge in [-0.3, -0.25) is 4.99 Å². The van der Waals surface area contributed by atoms with Crippen LogP contribution in [0.5, 0.6) is 0 Å². The molecule has 1 aliphatic heterocycles. The summed E-state index contributed by atoms with van der Waals surface area (Å²) < 4.78 is 27.5. The highest BCUT2D eigenvalue weighted by Crippen LogP contribution is 2.38. The Kier molecular flexibility index (Phi) is 4.32. The van der Waals surface area contributed by atoms with Gasteiger partial charge in [0.05, 0.1) is 6.04 Å². The fraction of sp³-hybridized carbons (Fsp3) is 0.143. The Bertz CT molecular complexity index is 1100. The van der Waals surface area contributed by atoms with Gasteiger partial charge in [-0.15, -0.1) is 0 Å². The van der Waals surface area contributed by atoms with E-state index in [-0.39, 0.29) is 17.6 Å². The zero-order chi connectivity index (χ0) is 19.7. The number of amidine groups is 1. The summed E-state index contributed by atoms with van der Waals surface area (Å²) in [6.07, 6.45) is 2.93. The van der Waals surface area contributed by atoms with Gasteiger partial charge in [0.1, 0.15) is 29.0 Å². The van der Waals surface area contributed by atoms with Gasteiger partial charge in [-0.2, -0.15) is 9.65 Å². The summed E-state index contributed by atoms with van der Waals surface area (Å²) in [6.45, 7) is 1.90. The average Bonchev–Trinajstić information content (AvgIpc) is 3.07. The molecule has 0 unspecified atom stereocenters. The number of aromatic nitrogens is 2. The predicted molar refractivity (Wildman–Crippen MR) is 99.5 cm³/mol. The third-order valence-corrected chi connectivity index (χ3v) is 4.89. The number of nitriles is 1. The molecule has 0 amide bonds. The summed E-state index contributed by atoms with van der Waals surface area (Å²) in [6, 6.07) is 14.1. The molecule has 0 saturated heterocycles. The molecule has 0 fully saturated rings. The number of aliphatic imine (C=N–C) groups is 1. The number of nitrogens with one attached hydrogen (secondary N) is 1. The Balaban J connectivity index is 1.86. The van der Waals surface area contributed by atoms with Crippen molar-refractivity contribution in [2.24, 2.45) is 4.99 Å². The first-order valence-corrected chi connectivity index (χ1v) is 8.63. The summed E-state index contributed by atoms with van der Waals surface area (Å²) in [5, 5.41) is 12.5. The second-order valence-corrected chi connectivity index (χ2v) is 6.50. The molecule has 3 heterocycles. The Labute approximate surface area is 160 Å². The lowest BCUT2D eigenvalue weighted by atomic mass is 9.78. The molecule has 1 aliphatic rings. The van der Waals surface area contributed by atoms with E-state index in [1.807, 2.05) is 13.0 Å². The standard InChI is InChI=1S/C21H15F2N5/c1-13-21(15-2-4-17(22)5-3-15,16-7-9-26-19(23)11-16)28-20(27-13)14-6-8-25-18(10-14)12-24/h2-11,13H,1H3,(H,27,28)/t13-,21-/m0/s1. The lowest BCUT2D eigenvalue weighted by Crippen LogP contribution is -2.48. The maximum absolute atomic E-state index is 13.9. The molecule has 4 rings (SSSR count). The number of halogens is 2. The van der Waals surface area contributed by atoms with Gasteiger partial charge in [0.15, 0.2) is 0 Å². The van der Waals surface area contributed by atoms with Gasteiger partial charge in [0.2, 0.25) is 5.95 Å². The van der Waals surface area contributed by atoms with Crippen LogP contribution in [0.4, 0.5) is 8.78 Å². The van der Waals surface area contributed by atoms with Crippen LogP contribution in [0, 0.1) is 23.1 Å². The first kappa shape index (κ1) is 17.7. The van der Waals surface area contributed by atoms with Crippen molar-refractivity contribution >= 4 is 5.84 Å². The van der Waals surface area contributed by atoms with Crippen molar-refractivity contribution in [3.05, 3.63) is 95.1 Å². The van der Waals surface area contributed by atoms with Gasteiger partial charge in [-0.1, -0.05) is 12.1 Å². The molecule has 2 aromatic heterocycles. The zero-order valence-electron chi connectivity index (χ0n) is 14.9. The summed E-state index contributed by atoms with van der Waals surface area (Å²) in [7, 11) is 0. The smallest absolute Gasteiger partial charge is 0.213 e. The zero-order valence-corrected chi connectivity index (χ0v) is 14.9. The van der Waals surface area contributed by atoms with E-state index in [1.165, 1.54) is 30.6 Å². The third-order valence-electron chi connectivity index (χ3n) is 4.89. The quantitative estimate of drug-likeness (QED) is 0.713. The van der Waals surface area contributed by atoms with Crippen LogP contribution in [-0.4, -0.2) is 21.8 Å². The minimum atomic E-state index is -0.914. The number of benzene rings is 1. The first-order valence-electron chi connectivity index (χ1n) is 8.63. The molecule has 3 aromatic rings. The number of rotatable bonds is 3. The van der Waals surface area contributed by atoms with Crippen LogP contribution in [-0.2, 0) is 5.54 Å². The fourth-order valence-electron chi connectivity index (χ4n) is 3.55. The van der Waals surface area contributed by atoms with E-state index in [0.717, 1.165) is 5.56 Å². The molecule has 5 nitrogen and oxygen atoms in total. The van der Waals surface area contributed by atoms with E-state index in [2.05, 4.69) is 15.3 Å². The molecule has 138 valence electrons. The highest BCUT2D eigenvalue weighted by molar-refractivity contribution is 6.01. The Morgan fingerprint density at radius 2 is 1.75 bits per heavy atom. The molecule has 0 bridgehead atoms. The molecule has 2 atom stereocenters. The van der Waals surface area contributed by atoms with Gasteiger partial charge < -0.3 is 5.32 Å². The van der Waals surface area contributed by atoms with Crippen LogP contribution in [0.1, 0.15) is 29.3 Å². The van der Waals surface area contributed by atoms with Gasteiger partial charge in [0, 0.05) is 18.0 Å². The maximum atomic E-state index is 13.9. The van der Waals surface area contributed by atoms with E-state index in [0.29, 0.717) is 17.0 Å². The molecule has 1 N–H and O–H groups in total. The average molecular weight is 375 g/mol. The number of pyridine rings is 2. The molecule has 1 aromatic carbocycles. The van der Waals surface area contributed by atoms with Gasteiger partial charge in [0.25, 0.3) is 0 Å². The van der Waals surface area contributed by atoms with Crippen molar-refractivity contribution in [2.75, 3.05) is 0 Å². The van der Waals surface area contributed by atoms with Crippen LogP contribution in [0.25, 0.3) is 0 Å². The summed E-state index contributed by atoms with van der Waals surface area (Å²) in [5.74, 6) is -0.426. The van der Waals surface area contributed by atoms with Crippen LogP contribution < -0.4 is 5.32 Å². The molecule has 0 aliphatic carbocycles. The summed E-state index contributed by atoms with van der Waals surface area (Å²) in [4.78, 5) is 12.3. The van der Waals surface area contributed by atoms with Crippen LogP contribution in [0.3, 0.4) is 0 Å². The Hall–Kier alpha value is -3.66. The molecular formula is C21H15F2N5. The maximum Gasteiger partial charge on any atom is 0.213 e. The van der Waals surface area contributed by atoms with Crippen molar-refractivity contribution < 1.29 is 8.78 Å². The fourth-order valence-corrected chi connectivity index (χ4v) is 3.55. The Morgan fingerprint density at radius 3 is 2.46 bits per heavy atom. The van der Waals surface area contributed by atoms with Crippen LogP contribution >= 0.6 is 0 Å². The molecule has 0 spiro atoms. The van der Waals surface area contributed by atoms with Crippen molar-refractivity contribution in [3.8, 4) is 6.07 Å². The second kappa shape index (κ2) is 6.82. The summed E-state index contributed by atoms with van der Waals surface area (Å²) >= 11 is 0. The summed E-state index contributed by atoms with van der Waals surface area (Å²) in [5.41, 5.74) is 1.40. The number of nitrogens with zero attached hydrogens (tertiary/aromatic N) is 4. The van der Waals surface area contributed by atoms with Gasteiger partial charge >= 0.3 is 0 Å². The van der Waals surface area contributed by atoms with E-state index in [9.17, 15) is 8.78 Å². The minimum absolute atomic E-state index is 0.267. The van der Waals surface area contributed by atoms with Crippen molar-refractivity contribution in [3.63, 3.8) is 0 Å².